The van der Waals surface area contributed by atoms with Gasteiger partial charge in [-0.2, -0.15) is 0 Å². The molecule has 0 aliphatic rings. The largest absolute Gasteiger partial charge is 0.491 e. The summed E-state index contributed by atoms with van der Waals surface area (Å²) in [5.41, 5.74) is 1.52. The molecule has 3 nitrogen and oxygen atoms in total. The van der Waals surface area contributed by atoms with E-state index in [9.17, 15) is 9.18 Å². The number of hydrogen-bond acceptors (Lipinski definition) is 2. The maximum Gasteiger partial charge on any atom is 0.224 e. The number of hydrogen-bond donors (Lipinski definition) is 1. The van der Waals surface area contributed by atoms with E-state index in [0.717, 1.165) is 11.3 Å². The van der Waals surface area contributed by atoms with Crippen molar-refractivity contribution in [3.63, 3.8) is 0 Å². The van der Waals surface area contributed by atoms with Crippen LogP contribution in [0.5, 0.6) is 5.75 Å². The molecule has 0 saturated heterocycles. The first-order valence-electron chi connectivity index (χ1n) is 8.10. The Labute approximate surface area is 142 Å². The Morgan fingerprint density at radius 2 is 1.75 bits per heavy atom. The molecule has 0 heterocycles. The van der Waals surface area contributed by atoms with Crippen molar-refractivity contribution in [2.24, 2.45) is 0 Å². The number of amides is 1. The third kappa shape index (κ3) is 5.08. The quantitative estimate of drug-likeness (QED) is 0.817. The minimum absolute atomic E-state index is 0.00925. The Morgan fingerprint density at radius 1 is 1.08 bits per heavy atom. The molecule has 128 valence electrons. The minimum atomic E-state index is -0.358. The van der Waals surface area contributed by atoms with Crippen molar-refractivity contribution in [3.8, 4) is 5.75 Å². The first kappa shape index (κ1) is 18.0. The predicted octanol–water partition coefficient (Wildman–Crippen LogP) is 3.86. The van der Waals surface area contributed by atoms with Gasteiger partial charge in [0.15, 0.2) is 0 Å². The standard InChI is InChI=1S/C20H24FNO2/c1-20(2,3)16-9-5-7-11-18(16)24-13-12-22-19(23)14-15-8-4-6-10-17(15)21/h4-11H,12-14H2,1-3H3,(H,22,23). The Morgan fingerprint density at radius 3 is 2.46 bits per heavy atom. The van der Waals surface area contributed by atoms with Crippen LogP contribution in [0.2, 0.25) is 0 Å². The molecule has 2 aromatic carbocycles. The first-order valence-corrected chi connectivity index (χ1v) is 8.10. The van der Waals surface area contributed by atoms with E-state index in [1.807, 2.05) is 24.3 Å². The van der Waals surface area contributed by atoms with Crippen molar-refractivity contribution in [1.29, 1.82) is 0 Å². The number of carbonyl (C=O) groups is 1. The molecule has 0 spiro atoms. The molecule has 1 N–H and O–H groups in total. The fourth-order valence-electron chi connectivity index (χ4n) is 2.44. The first-order chi connectivity index (χ1) is 11.4. The SMILES string of the molecule is CC(C)(C)c1ccccc1OCCNC(=O)Cc1ccccc1F. The number of nitrogens with one attached hydrogen (secondary N) is 1. The zero-order valence-corrected chi connectivity index (χ0v) is 14.4. The molecule has 0 unspecified atom stereocenters. The summed E-state index contributed by atoms with van der Waals surface area (Å²) in [6.45, 7) is 7.14. The summed E-state index contributed by atoms with van der Waals surface area (Å²) in [6, 6.07) is 14.2. The van der Waals surface area contributed by atoms with Gasteiger partial charge >= 0.3 is 0 Å². The van der Waals surface area contributed by atoms with Crippen LogP contribution in [0.1, 0.15) is 31.9 Å². The molecular formula is C20H24FNO2. The fraction of sp³-hybridized carbons (Fsp3) is 0.350. The topological polar surface area (TPSA) is 38.3 Å². The van der Waals surface area contributed by atoms with Crippen LogP contribution < -0.4 is 10.1 Å². The minimum Gasteiger partial charge on any atom is -0.491 e. The summed E-state index contributed by atoms with van der Waals surface area (Å²) in [6.07, 6.45) is 0.0330. The summed E-state index contributed by atoms with van der Waals surface area (Å²) in [7, 11) is 0. The Hall–Kier alpha value is -2.36. The Kier molecular flexibility index (Phi) is 5.96. The van der Waals surface area contributed by atoms with Crippen LogP contribution in [0.15, 0.2) is 48.5 Å². The van der Waals surface area contributed by atoms with Crippen LogP contribution in [-0.2, 0) is 16.6 Å². The number of halogens is 1. The van der Waals surface area contributed by atoms with Crippen LogP contribution in [0.3, 0.4) is 0 Å². The molecule has 0 bridgehead atoms. The number of para-hydroxylation sites is 1. The lowest BCUT2D eigenvalue weighted by Crippen LogP contribution is -2.30. The molecule has 0 radical (unpaired) electrons. The second-order valence-corrected chi connectivity index (χ2v) is 6.71. The highest BCUT2D eigenvalue weighted by Crippen LogP contribution is 2.30. The number of benzene rings is 2. The van der Waals surface area contributed by atoms with E-state index in [2.05, 4.69) is 26.1 Å². The van der Waals surface area contributed by atoms with Crippen LogP contribution >= 0.6 is 0 Å². The third-order valence-electron chi connectivity index (χ3n) is 3.69. The average molecular weight is 329 g/mol. The lowest BCUT2D eigenvalue weighted by atomic mass is 9.86. The maximum absolute atomic E-state index is 13.5. The van der Waals surface area contributed by atoms with Gasteiger partial charge in [-0.1, -0.05) is 57.2 Å². The Balaban J connectivity index is 1.81. The molecular weight excluding hydrogens is 305 g/mol. The third-order valence-corrected chi connectivity index (χ3v) is 3.69. The lowest BCUT2D eigenvalue weighted by Gasteiger charge is -2.22. The molecule has 4 heteroatoms. The van der Waals surface area contributed by atoms with E-state index in [1.165, 1.54) is 6.07 Å². The summed E-state index contributed by atoms with van der Waals surface area (Å²) >= 11 is 0. The average Bonchev–Trinajstić information content (AvgIpc) is 2.53. The summed E-state index contributed by atoms with van der Waals surface area (Å²) in [5, 5.41) is 2.76. The zero-order valence-electron chi connectivity index (χ0n) is 14.4. The summed E-state index contributed by atoms with van der Waals surface area (Å²) < 4.78 is 19.3. The molecule has 2 aromatic rings. The molecule has 0 aromatic heterocycles. The molecule has 0 aliphatic heterocycles. The van der Waals surface area contributed by atoms with Crippen LogP contribution in [0.4, 0.5) is 4.39 Å². The van der Waals surface area contributed by atoms with Crippen molar-refractivity contribution in [2.75, 3.05) is 13.2 Å². The van der Waals surface area contributed by atoms with E-state index in [4.69, 9.17) is 4.74 Å². The molecule has 2 rings (SSSR count). The van der Waals surface area contributed by atoms with Crippen LogP contribution in [-0.4, -0.2) is 19.1 Å². The van der Waals surface area contributed by atoms with Gasteiger partial charge in [-0.15, -0.1) is 0 Å². The molecule has 1 amide bonds. The highest BCUT2D eigenvalue weighted by Gasteiger charge is 2.18. The van der Waals surface area contributed by atoms with Gasteiger partial charge in [0.1, 0.15) is 18.2 Å². The van der Waals surface area contributed by atoms with E-state index in [1.54, 1.807) is 18.2 Å². The molecule has 0 saturated carbocycles. The number of ether oxygens (including phenoxy) is 1. The van der Waals surface area contributed by atoms with Crippen molar-refractivity contribution in [1.82, 2.24) is 5.32 Å². The van der Waals surface area contributed by atoms with E-state index < -0.39 is 0 Å². The van der Waals surface area contributed by atoms with Crippen molar-refractivity contribution in [3.05, 3.63) is 65.5 Å². The highest BCUT2D eigenvalue weighted by molar-refractivity contribution is 5.78. The second-order valence-electron chi connectivity index (χ2n) is 6.71. The number of carbonyl (C=O) groups excluding carboxylic acids is 1. The van der Waals surface area contributed by atoms with Gasteiger partial charge in [0.05, 0.1) is 13.0 Å². The van der Waals surface area contributed by atoms with Crippen LogP contribution in [0.25, 0.3) is 0 Å². The number of rotatable bonds is 6. The molecule has 0 atom stereocenters. The van der Waals surface area contributed by atoms with Crippen LogP contribution in [0, 0.1) is 5.82 Å². The molecule has 0 aliphatic carbocycles. The van der Waals surface area contributed by atoms with Gasteiger partial charge in [-0.05, 0) is 28.7 Å². The second kappa shape index (κ2) is 7.95. The van der Waals surface area contributed by atoms with E-state index >= 15 is 0 Å². The summed E-state index contributed by atoms with van der Waals surface area (Å²) in [4.78, 5) is 11.9. The lowest BCUT2D eigenvalue weighted by molar-refractivity contribution is -0.120. The van der Waals surface area contributed by atoms with Gasteiger partial charge in [-0.25, -0.2) is 4.39 Å². The van der Waals surface area contributed by atoms with Gasteiger partial charge in [-0.3, -0.25) is 4.79 Å². The zero-order chi connectivity index (χ0) is 17.6. The van der Waals surface area contributed by atoms with Gasteiger partial charge in [0, 0.05) is 0 Å². The van der Waals surface area contributed by atoms with E-state index in [0.29, 0.717) is 18.7 Å². The van der Waals surface area contributed by atoms with Gasteiger partial charge in [0.2, 0.25) is 5.91 Å². The highest BCUT2D eigenvalue weighted by atomic mass is 19.1. The van der Waals surface area contributed by atoms with Crippen molar-refractivity contribution < 1.29 is 13.9 Å². The fourth-order valence-corrected chi connectivity index (χ4v) is 2.44. The van der Waals surface area contributed by atoms with Gasteiger partial charge in [0.25, 0.3) is 0 Å². The Bertz CT molecular complexity index is 692. The van der Waals surface area contributed by atoms with Crippen molar-refractivity contribution in [2.45, 2.75) is 32.6 Å². The maximum atomic E-state index is 13.5. The molecule has 0 fully saturated rings. The van der Waals surface area contributed by atoms with Crippen molar-refractivity contribution >= 4 is 5.91 Å². The van der Waals surface area contributed by atoms with Gasteiger partial charge < -0.3 is 10.1 Å². The predicted molar refractivity (Wildman–Crippen MR) is 93.8 cm³/mol. The molecule has 24 heavy (non-hydrogen) atoms. The monoisotopic (exact) mass is 329 g/mol. The normalized spacial score (nSPS) is 11.2. The smallest absolute Gasteiger partial charge is 0.224 e. The van der Waals surface area contributed by atoms with E-state index in [-0.39, 0.29) is 23.6 Å². The summed E-state index contributed by atoms with van der Waals surface area (Å²) in [5.74, 6) is 0.254.